The highest BCUT2D eigenvalue weighted by atomic mass is 16.5. The number of benzene rings is 1. The summed E-state index contributed by atoms with van der Waals surface area (Å²) < 4.78 is 11.7. The van der Waals surface area contributed by atoms with Crippen LogP contribution in [-0.2, 0) is 5.41 Å². The first-order chi connectivity index (χ1) is 11.2. The minimum atomic E-state index is -0.292. The standard InChI is InChI=1S/C20H26O3/c1-3-20(12-10-16(21)11-13-20)15-8-9-18(22-2)19(14-15)23-17-6-4-5-7-17/h1,8-9,14,16-17,21H,4-7,10-13H2,2H3/t16-,20+. The Labute approximate surface area is 139 Å². The molecular weight excluding hydrogens is 288 g/mol. The quantitative estimate of drug-likeness (QED) is 0.859. The van der Waals surface area contributed by atoms with Crippen molar-refractivity contribution in [2.24, 2.45) is 0 Å². The van der Waals surface area contributed by atoms with E-state index >= 15 is 0 Å². The van der Waals surface area contributed by atoms with Gasteiger partial charge in [-0.25, -0.2) is 0 Å². The van der Waals surface area contributed by atoms with Crippen LogP contribution in [0.3, 0.4) is 0 Å². The van der Waals surface area contributed by atoms with Crippen LogP contribution >= 0.6 is 0 Å². The van der Waals surface area contributed by atoms with Crippen LogP contribution < -0.4 is 9.47 Å². The fourth-order valence-electron chi connectivity index (χ4n) is 3.86. The molecule has 23 heavy (non-hydrogen) atoms. The molecule has 0 unspecified atom stereocenters. The van der Waals surface area contributed by atoms with E-state index in [2.05, 4.69) is 18.1 Å². The minimum Gasteiger partial charge on any atom is -0.493 e. The molecule has 0 atom stereocenters. The van der Waals surface area contributed by atoms with E-state index in [0.29, 0.717) is 0 Å². The lowest BCUT2D eigenvalue weighted by molar-refractivity contribution is 0.110. The van der Waals surface area contributed by atoms with Gasteiger partial charge in [0.2, 0.25) is 0 Å². The Morgan fingerprint density at radius 2 is 1.83 bits per heavy atom. The van der Waals surface area contributed by atoms with Gasteiger partial charge in [-0.3, -0.25) is 0 Å². The van der Waals surface area contributed by atoms with E-state index < -0.39 is 0 Å². The van der Waals surface area contributed by atoms with Crippen molar-refractivity contribution >= 4 is 0 Å². The zero-order chi connectivity index (χ0) is 16.3. The first-order valence-corrected chi connectivity index (χ1v) is 8.68. The van der Waals surface area contributed by atoms with Gasteiger partial charge in [0.25, 0.3) is 0 Å². The Balaban J connectivity index is 1.88. The molecule has 0 bridgehead atoms. The molecule has 1 aromatic carbocycles. The first-order valence-electron chi connectivity index (χ1n) is 8.68. The third-order valence-corrected chi connectivity index (χ3v) is 5.40. The zero-order valence-electron chi connectivity index (χ0n) is 13.9. The van der Waals surface area contributed by atoms with Crippen LogP contribution in [-0.4, -0.2) is 24.4 Å². The van der Waals surface area contributed by atoms with Crippen molar-refractivity contribution in [1.82, 2.24) is 0 Å². The Morgan fingerprint density at radius 1 is 1.13 bits per heavy atom. The molecule has 0 aliphatic heterocycles. The average molecular weight is 314 g/mol. The summed E-state index contributed by atoms with van der Waals surface area (Å²) >= 11 is 0. The van der Waals surface area contributed by atoms with Crippen molar-refractivity contribution in [2.75, 3.05) is 7.11 Å². The summed E-state index contributed by atoms with van der Waals surface area (Å²) in [5.74, 6) is 4.58. The summed E-state index contributed by atoms with van der Waals surface area (Å²) in [6, 6.07) is 6.08. The monoisotopic (exact) mass is 314 g/mol. The lowest BCUT2D eigenvalue weighted by Crippen LogP contribution is -2.32. The van der Waals surface area contributed by atoms with Gasteiger partial charge in [-0.05, 0) is 69.1 Å². The van der Waals surface area contributed by atoms with Gasteiger partial charge in [0.15, 0.2) is 11.5 Å². The third-order valence-electron chi connectivity index (χ3n) is 5.40. The van der Waals surface area contributed by atoms with Gasteiger partial charge in [-0.1, -0.05) is 12.0 Å². The molecule has 1 aromatic rings. The van der Waals surface area contributed by atoms with Crippen molar-refractivity contribution in [2.45, 2.75) is 69.0 Å². The topological polar surface area (TPSA) is 38.7 Å². The molecule has 0 spiro atoms. The molecule has 0 heterocycles. The Bertz CT molecular complexity index is 573. The van der Waals surface area contributed by atoms with Crippen LogP contribution in [0.1, 0.15) is 56.9 Å². The smallest absolute Gasteiger partial charge is 0.161 e. The molecule has 3 rings (SSSR count). The molecule has 0 radical (unpaired) electrons. The van der Waals surface area contributed by atoms with E-state index in [4.69, 9.17) is 15.9 Å². The molecule has 0 aromatic heterocycles. The van der Waals surface area contributed by atoms with Gasteiger partial charge in [-0.2, -0.15) is 0 Å². The first kappa shape index (κ1) is 16.2. The Morgan fingerprint density at radius 3 is 2.43 bits per heavy atom. The van der Waals surface area contributed by atoms with Crippen molar-refractivity contribution < 1.29 is 14.6 Å². The maximum absolute atomic E-state index is 9.80. The van der Waals surface area contributed by atoms with E-state index in [9.17, 15) is 5.11 Å². The molecule has 2 saturated carbocycles. The number of methoxy groups -OCH3 is 1. The lowest BCUT2D eigenvalue weighted by Gasteiger charge is -2.35. The molecule has 0 amide bonds. The third kappa shape index (κ3) is 3.33. The van der Waals surface area contributed by atoms with E-state index in [0.717, 1.165) is 55.6 Å². The van der Waals surface area contributed by atoms with Crippen LogP contribution in [0.5, 0.6) is 11.5 Å². The van der Waals surface area contributed by atoms with Crippen molar-refractivity contribution in [3.8, 4) is 23.8 Å². The molecule has 3 heteroatoms. The van der Waals surface area contributed by atoms with Crippen LogP contribution in [0.25, 0.3) is 0 Å². The van der Waals surface area contributed by atoms with Crippen LogP contribution in [0.4, 0.5) is 0 Å². The summed E-state index contributed by atoms with van der Waals surface area (Å²) in [6.07, 6.45) is 13.8. The number of ether oxygens (including phenoxy) is 2. The van der Waals surface area contributed by atoms with Crippen LogP contribution in [0, 0.1) is 12.3 Å². The number of terminal acetylenes is 1. The van der Waals surface area contributed by atoms with E-state index in [-0.39, 0.29) is 17.6 Å². The highest BCUT2D eigenvalue weighted by Gasteiger charge is 2.35. The van der Waals surface area contributed by atoms with Crippen LogP contribution in [0.2, 0.25) is 0 Å². The normalized spacial score (nSPS) is 28.3. The number of rotatable bonds is 4. The number of hydrogen-bond acceptors (Lipinski definition) is 3. The van der Waals surface area contributed by atoms with Crippen molar-refractivity contribution in [3.05, 3.63) is 23.8 Å². The predicted molar refractivity (Wildman–Crippen MR) is 90.9 cm³/mol. The Hall–Kier alpha value is -1.66. The second kappa shape index (κ2) is 6.84. The maximum atomic E-state index is 9.80. The lowest BCUT2D eigenvalue weighted by atomic mass is 9.69. The summed E-state index contributed by atoms with van der Waals surface area (Å²) in [7, 11) is 1.67. The van der Waals surface area contributed by atoms with Gasteiger partial charge in [0, 0.05) is 0 Å². The van der Waals surface area contributed by atoms with E-state index in [1.54, 1.807) is 7.11 Å². The molecule has 0 saturated heterocycles. The second-order valence-electron chi connectivity index (χ2n) is 6.85. The largest absolute Gasteiger partial charge is 0.493 e. The zero-order valence-corrected chi connectivity index (χ0v) is 13.9. The summed E-state index contributed by atoms with van der Waals surface area (Å²) in [4.78, 5) is 0. The maximum Gasteiger partial charge on any atom is 0.161 e. The number of aliphatic hydroxyl groups excluding tert-OH is 1. The number of aliphatic hydroxyl groups is 1. The highest BCUT2D eigenvalue weighted by molar-refractivity contribution is 5.48. The van der Waals surface area contributed by atoms with Gasteiger partial charge < -0.3 is 14.6 Å². The SMILES string of the molecule is C#C[C@]1(c2ccc(OC)c(OC3CCCC3)c2)CC[C@@H](O)CC1. The molecule has 1 N–H and O–H groups in total. The van der Waals surface area contributed by atoms with Crippen LogP contribution in [0.15, 0.2) is 18.2 Å². The van der Waals surface area contributed by atoms with Gasteiger partial charge in [-0.15, -0.1) is 6.42 Å². The van der Waals surface area contributed by atoms with E-state index in [1.807, 2.05) is 6.07 Å². The summed E-state index contributed by atoms with van der Waals surface area (Å²) in [5, 5.41) is 9.80. The highest BCUT2D eigenvalue weighted by Crippen LogP contribution is 2.42. The van der Waals surface area contributed by atoms with Gasteiger partial charge in [0.05, 0.1) is 24.7 Å². The molecule has 2 aliphatic carbocycles. The second-order valence-corrected chi connectivity index (χ2v) is 6.85. The molecule has 2 aliphatic rings. The average Bonchev–Trinajstić information content (AvgIpc) is 3.09. The van der Waals surface area contributed by atoms with Gasteiger partial charge >= 0.3 is 0 Å². The van der Waals surface area contributed by atoms with E-state index in [1.165, 1.54) is 12.8 Å². The Kier molecular flexibility index (Phi) is 4.82. The summed E-state index contributed by atoms with van der Waals surface area (Å²) in [5.41, 5.74) is 0.819. The fourth-order valence-corrected chi connectivity index (χ4v) is 3.86. The molecule has 124 valence electrons. The minimum absolute atomic E-state index is 0.219. The molecule has 2 fully saturated rings. The van der Waals surface area contributed by atoms with Crippen molar-refractivity contribution in [3.63, 3.8) is 0 Å². The predicted octanol–water partition coefficient (Wildman–Crippen LogP) is 3.82. The summed E-state index contributed by atoms with van der Waals surface area (Å²) in [6.45, 7) is 0. The fraction of sp³-hybridized carbons (Fsp3) is 0.600. The molecular formula is C20H26O3. The number of hydrogen-bond donors (Lipinski definition) is 1. The molecule has 3 nitrogen and oxygen atoms in total. The van der Waals surface area contributed by atoms with Gasteiger partial charge in [0.1, 0.15) is 0 Å². The van der Waals surface area contributed by atoms with Crippen molar-refractivity contribution in [1.29, 1.82) is 0 Å².